The van der Waals surface area contributed by atoms with Gasteiger partial charge in [0.2, 0.25) is 0 Å². The predicted octanol–water partition coefficient (Wildman–Crippen LogP) is 4.76. The Morgan fingerprint density at radius 2 is 0.415 bits per heavy atom. The van der Waals surface area contributed by atoms with Crippen LogP contribution >= 0.6 is 0 Å². The van der Waals surface area contributed by atoms with Crippen molar-refractivity contribution in [2.75, 3.05) is 76.0 Å². The van der Waals surface area contributed by atoms with E-state index in [-0.39, 0.29) is 21.7 Å². The molecule has 0 amide bonds. The van der Waals surface area contributed by atoms with Crippen LogP contribution in [0.5, 0.6) is 23.0 Å². The summed E-state index contributed by atoms with van der Waals surface area (Å²) < 4.78 is 0. The summed E-state index contributed by atoms with van der Waals surface area (Å²) in [6.45, 7) is 0. The van der Waals surface area contributed by atoms with Crippen LogP contribution in [-0.2, 0) is 21.7 Å². The van der Waals surface area contributed by atoms with Gasteiger partial charge in [-0.2, -0.15) is 0 Å². The quantitative estimate of drug-likeness (QED) is 0.249. The molecule has 220 valence electrons. The molecule has 0 aliphatic rings. The third-order valence-corrected chi connectivity index (χ3v) is 5.53. The van der Waals surface area contributed by atoms with Crippen molar-refractivity contribution in [3.05, 3.63) is 97.1 Å². The maximum absolute atomic E-state index is 7.21. The van der Waals surface area contributed by atoms with Crippen LogP contribution in [0, 0.1) is 0 Å². The summed E-state index contributed by atoms with van der Waals surface area (Å²) in [5.41, 5.74) is 4.54. The number of anilines is 4. The summed E-state index contributed by atoms with van der Waals surface area (Å²) in [5.74, 6) is 2.24. The zero-order valence-corrected chi connectivity index (χ0v) is 27.1. The summed E-state index contributed by atoms with van der Waals surface area (Å²) in [6, 6.07) is 29.8. The van der Waals surface area contributed by atoms with Crippen LogP contribution in [0.15, 0.2) is 97.1 Å². The van der Waals surface area contributed by atoms with E-state index >= 15 is 0 Å². The third-order valence-electron chi connectivity index (χ3n) is 5.53. The first-order valence-electron chi connectivity index (χ1n) is 12.8. The van der Waals surface area contributed by atoms with E-state index < -0.39 is 0 Å². The molecule has 0 aliphatic heterocycles. The van der Waals surface area contributed by atoms with E-state index in [1.165, 1.54) is 0 Å². The topological polar surface area (TPSA) is 105 Å². The van der Waals surface area contributed by atoms with Crippen molar-refractivity contribution < 1.29 is 42.1 Å². The SMILES string of the molecule is CN(C)c1ccc([OH2+])cc1.CN(C)c1ccc([OH2+])cc1.CN(C)c1ccc([OH2+])cc1.CN(C)c1ccc([OH2+])cc1.[Ti]. The second kappa shape index (κ2) is 19.1. The Kier molecular flexibility index (Phi) is 17.3. The van der Waals surface area contributed by atoms with Crippen LogP contribution in [0.25, 0.3) is 0 Å². The average Bonchev–Trinajstić information content (AvgIpc) is 2.91. The van der Waals surface area contributed by atoms with Crippen LogP contribution in [0.4, 0.5) is 22.7 Å². The Morgan fingerprint density at radius 1 is 0.293 bits per heavy atom. The van der Waals surface area contributed by atoms with Crippen molar-refractivity contribution in [2.24, 2.45) is 0 Å². The smallest absolute Gasteiger partial charge is 0.253 e. The number of benzene rings is 4. The molecule has 9 heteroatoms. The molecule has 0 heterocycles. The molecule has 0 atom stereocenters. The van der Waals surface area contributed by atoms with Gasteiger partial charge in [-0.1, -0.05) is 0 Å². The number of rotatable bonds is 4. The Balaban J connectivity index is 0.000000516. The summed E-state index contributed by atoms with van der Waals surface area (Å²) in [4.78, 5) is 8.05. The molecule has 4 aromatic carbocycles. The minimum atomic E-state index is 0. The Bertz CT molecular complexity index is 1020. The Labute approximate surface area is 260 Å². The van der Waals surface area contributed by atoms with Crippen LogP contribution in [0.2, 0.25) is 0 Å². The summed E-state index contributed by atoms with van der Waals surface area (Å²) in [5, 5.41) is 28.9. The molecule has 0 unspecified atom stereocenters. The minimum Gasteiger partial charge on any atom is -0.593 e. The maximum atomic E-state index is 7.21. The molecule has 0 spiro atoms. The van der Waals surface area contributed by atoms with E-state index in [2.05, 4.69) is 0 Å². The largest absolute Gasteiger partial charge is 0.593 e. The van der Waals surface area contributed by atoms with Crippen LogP contribution in [-0.4, -0.2) is 76.8 Å². The second-order valence-corrected chi connectivity index (χ2v) is 9.77. The molecule has 0 saturated heterocycles. The van der Waals surface area contributed by atoms with E-state index in [1.807, 2.05) is 125 Å². The van der Waals surface area contributed by atoms with Crippen molar-refractivity contribution >= 4 is 22.7 Å². The molecule has 4 aromatic rings. The van der Waals surface area contributed by atoms with Crippen LogP contribution in [0.1, 0.15) is 0 Å². The van der Waals surface area contributed by atoms with Gasteiger partial charge in [-0.05, 0) is 48.5 Å². The molecule has 0 bridgehead atoms. The molecule has 41 heavy (non-hydrogen) atoms. The maximum Gasteiger partial charge on any atom is 0.253 e. The van der Waals surface area contributed by atoms with Gasteiger partial charge in [-0.25, -0.2) is 0 Å². The first kappa shape index (κ1) is 37.0. The fourth-order valence-electron chi connectivity index (χ4n) is 3.04. The fourth-order valence-corrected chi connectivity index (χ4v) is 3.04. The molecule has 0 aromatic heterocycles. The van der Waals surface area contributed by atoms with Gasteiger partial charge in [-0.15, -0.1) is 0 Å². The molecule has 0 saturated carbocycles. The van der Waals surface area contributed by atoms with E-state index in [4.69, 9.17) is 20.4 Å². The van der Waals surface area contributed by atoms with Crippen molar-refractivity contribution in [2.45, 2.75) is 0 Å². The van der Waals surface area contributed by atoms with Crippen LogP contribution < -0.4 is 19.6 Å². The third kappa shape index (κ3) is 15.4. The van der Waals surface area contributed by atoms with Gasteiger partial charge >= 0.3 is 0 Å². The fraction of sp³-hybridized carbons (Fsp3) is 0.250. The minimum absolute atomic E-state index is 0. The monoisotopic (exact) mass is 600 g/mol. The molecule has 8 N–H and O–H groups in total. The Hall–Kier alpha value is -4.01. The van der Waals surface area contributed by atoms with Crippen molar-refractivity contribution in [1.29, 1.82) is 0 Å². The van der Waals surface area contributed by atoms with Gasteiger partial charge in [0.25, 0.3) is 23.0 Å². The molecule has 0 fully saturated rings. The first-order chi connectivity index (χ1) is 18.8. The average molecular weight is 601 g/mol. The van der Waals surface area contributed by atoms with E-state index in [9.17, 15) is 0 Å². The predicted molar refractivity (Wildman–Crippen MR) is 175 cm³/mol. The molecular weight excluding hydrogens is 552 g/mol. The van der Waals surface area contributed by atoms with E-state index in [0.29, 0.717) is 23.0 Å². The van der Waals surface area contributed by atoms with Crippen molar-refractivity contribution in [3.63, 3.8) is 0 Å². The zero-order valence-electron chi connectivity index (χ0n) is 25.5. The first-order valence-corrected chi connectivity index (χ1v) is 12.8. The molecule has 0 radical (unpaired) electrons. The summed E-state index contributed by atoms with van der Waals surface area (Å²) in [7, 11) is 15.9. The second-order valence-electron chi connectivity index (χ2n) is 9.77. The Morgan fingerprint density at radius 3 is 0.512 bits per heavy atom. The van der Waals surface area contributed by atoms with Crippen LogP contribution in [0.3, 0.4) is 0 Å². The van der Waals surface area contributed by atoms with Gasteiger partial charge in [0.1, 0.15) is 0 Å². The summed E-state index contributed by atoms with van der Waals surface area (Å²) >= 11 is 0. The summed E-state index contributed by atoms with van der Waals surface area (Å²) in [6.07, 6.45) is 0. The van der Waals surface area contributed by atoms with Gasteiger partial charge in [-0.3, -0.25) is 0 Å². The van der Waals surface area contributed by atoms with Crippen molar-refractivity contribution in [1.82, 2.24) is 0 Å². The standard InChI is InChI=1S/4C8H11NO.Ti/c4*1-9(2)7-3-5-8(10)6-4-7;/h4*3-6,10H,1-2H3;/p+4. The van der Waals surface area contributed by atoms with E-state index in [0.717, 1.165) is 22.7 Å². The molecule has 0 aliphatic carbocycles. The number of hydrogen-bond donors (Lipinski definition) is 0. The van der Waals surface area contributed by atoms with E-state index in [1.54, 1.807) is 48.5 Å². The van der Waals surface area contributed by atoms with Gasteiger partial charge in [0.05, 0.1) is 0 Å². The zero-order chi connectivity index (χ0) is 30.2. The molecule has 4 rings (SSSR count). The van der Waals surface area contributed by atoms with Crippen molar-refractivity contribution in [3.8, 4) is 23.0 Å². The molecular formula is C32H48N4O4Ti+4. The normalized spacial score (nSPS) is 9.17. The van der Waals surface area contributed by atoms with Gasteiger partial charge in [0.15, 0.2) is 0 Å². The van der Waals surface area contributed by atoms with Gasteiger partial charge < -0.3 is 40.0 Å². The number of hydrogen-bond acceptors (Lipinski definition) is 4. The van der Waals surface area contributed by atoms with Gasteiger partial charge in [0, 0.05) is 149 Å². The number of nitrogens with zero attached hydrogens (tertiary/aromatic N) is 4. The molecule has 8 nitrogen and oxygen atoms in total.